The van der Waals surface area contributed by atoms with Crippen LogP contribution in [0.3, 0.4) is 0 Å². The van der Waals surface area contributed by atoms with Crippen LogP contribution in [0.1, 0.15) is 33.6 Å². The highest BCUT2D eigenvalue weighted by Gasteiger charge is 2.18. The van der Waals surface area contributed by atoms with Crippen molar-refractivity contribution >= 4 is 11.8 Å². The molecule has 2 heteroatoms. The van der Waals surface area contributed by atoms with Gasteiger partial charge < -0.3 is 4.90 Å². The number of hydrogen-bond acceptors (Lipinski definition) is 2. The average molecular weight is 189 g/mol. The Morgan fingerprint density at radius 3 is 2.25 bits per heavy atom. The smallest absolute Gasteiger partial charge is 0.0208 e. The van der Waals surface area contributed by atoms with E-state index in [0.29, 0.717) is 0 Å². The van der Waals surface area contributed by atoms with Crippen molar-refractivity contribution in [2.24, 2.45) is 0 Å². The summed E-state index contributed by atoms with van der Waals surface area (Å²) in [6.07, 6.45) is 4.82. The Kier molecular flexibility index (Phi) is 6.96. The highest BCUT2D eigenvalue weighted by atomic mass is 32.2. The second-order valence-corrected chi connectivity index (χ2v) is 4.59. The first-order valence-electron chi connectivity index (χ1n) is 4.90. The Bertz CT molecular complexity index is 96.0. The summed E-state index contributed by atoms with van der Waals surface area (Å²) >= 11 is 1.97. The van der Waals surface area contributed by atoms with E-state index in [4.69, 9.17) is 0 Å². The van der Waals surface area contributed by atoms with E-state index in [-0.39, 0.29) is 0 Å². The number of hydrogen-bond donors (Lipinski definition) is 0. The molecule has 0 aliphatic heterocycles. The van der Waals surface area contributed by atoms with Crippen LogP contribution in [0.15, 0.2) is 0 Å². The zero-order valence-electron chi connectivity index (χ0n) is 9.13. The Hall–Kier alpha value is 0.310. The van der Waals surface area contributed by atoms with Crippen molar-refractivity contribution < 1.29 is 0 Å². The van der Waals surface area contributed by atoms with Gasteiger partial charge in [0, 0.05) is 11.3 Å². The van der Waals surface area contributed by atoms with Crippen LogP contribution in [0.25, 0.3) is 0 Å². The maximum absolute atomic E-state index is 2.46. The molecule has 12 heavy (non-hydrogen) atoms. The van der Waals surface area contributed by atoms with Crippen molar-refractivity contribution in [3.05, 3.63) is 0 Å². The topological polar surface area (TPSA) is 3.24 Å². The molecule has 0 N–H and O–H groups in total. The minimum Gasteiger partial charge on any atom is -0.303 e. The Balaban J connectivity index is 4.01. The summed E-state index contributed by atoms with van der Waals surface area (Å²) < 4.78 is 0. The molecule has 0 amide bonds. The fourth-order valence-electron chi connectivity index (χ4n) is 1.50. The van der Waals surface area contributed by atoms with Gasteiger partial charge in [-0.05, 0) is 26.3 Å². The predicted octanol–water partition coefficient (Wildman–Crippen LogP) is 2.86. The quantitative estimate of drug-likeness (QED) is 0.632. The van der Waals surface area contributed by atoms with Crippen LogP contribution in [0.2, 0.25) is 0 Å². The molecule has 0 fully saturated rings. The Morgan fingerprint density at radius 1 is 1.33 bits per heavy atom. The highest BCUT2D eigenvalue weighted by molar-refractivity contribution is 7.99. The van der Waals surface area contributed by atoms with Gasteiger partial charge in [0.1, 0.15) is 0 Å². The molecule has 0 saturated heterocycles. The van der Waals surface area contributed by atoms with Crippen LogP contribution >= 0.6 is 11.8 Å². The first kappa shape index (κ1) is 12.3. The van der Waals surface area contributed by atoms with Gasteiger partial charge in [0.05, 0.1) is 0 Å². The molecule has 0 aromatic heterocycles. The summed E-state index contributed by atoms with van der Waals surface area (Å²) in [4.78, 5) is 2.46. The Morgan fingerprint density at radius 2 is 1.92 bits per heavy atom. The Labute approximate surface area is 81.9 Å². The van der Waals surface area contributed by atoms with Gasteiger partial charge in [-0.25, -0.2) is 0 Å². The van der Waals surface area contributed by atoms with E-state index in [2.05, 4.69) is 39.0 Å². The minimum atomic E-state index is 0.759. The fourth-order valence-corrected chi connectivity index (χ4v) is 2.16. The van der Waals surface area contributed by atoms with Crippen molar-refractivity contribution in [1.82, 2.24) is 4.90 Å². The molecule has 74 valence electrons. The first-order chi connectivity index (χ1) is 5.67. The molecule has 0 rings (SSSR count). The van der Waals surface area contributed by atoms with Crippen molar-refractivity contribution in [3.63, 3.8) is 0 Å². The largest absolute Gasteiger partial charge is 0.303 e. The number of rotatable bonds is 6. The van der Waals surface area contributed by atoms with E-state index in [9.17, 15) is 0 Å². The van der Waals surface area contributed by atoms with Crippen molar-refractivity contribution in [2.45, 2.75) is 44.9 Å². The zero-order chi connectivity index (χ0) is 9.56. The number of nitrogens with zero attached hydrogens (tertiary/aromatic N) is 1. The molecule has 1 nitrogen and oxygen atoms in total. The van der Waals surface area contributed by atoms with Crippen molar-refractivity contribution in [1.29, 1.82) is 0 Å². The summed E-state index contributed by atoms with van der Waals surface area (Å²) in [5, 5.41) is 0.759. The second-order valence-electron chi connectivity index (χ2n) is 3.37. The molecule has 0 aromatic carbocycles. The SMILES string of the molecule is CCCC(C(C)SC)N(C)CC. The van der Waals surface area contributed by atoms with Gasteiger partial charge >= 0.3 is 0 Å². The maximum Gasteiger partial charge on any atom is 0.0208 e. The zero-order valence-corrected chi connectivity index (χ0v) is 9.95. The second kappa shape index (κ2) is 6.79. The van der Waals surface area contributed by atoms with E-state index in [0.717, 1.165) is 17.8 Å². The summed E-state index contributed by atoms with van der Waals surface area (Å²) in [7, 11) is 2.23. The van der Waals surface area contributed by atoms with Crippen LogP contribution in [-0.2, 0) is 0 Å². The molecule has 0 radical (unpaired) electrons. The molecule has 2 unspecified atom stereocenters. The molecule has 0 bridgehead atoms. The van der Waals surface area contributed by atoms with Gasteiger partial charge in [0.2, 0.25) is 0 Å². The molecule has 0 aliphatic carbocycles. The first-order valence-corrected chi connectivity index (χ1v) is 6.19. The van der Waals surface area contributed by atoms with Gasteiger partial charge in [0.15, 0.2) is 0 Å². The molecular weight excluding hydrogens is 166 g/mol. The summed E-state index contributed by atoms with van der Waals surface area (Å²) in [5.41, 5.74) is 0. The van der Waals surface area contributed by atoms with Gasteiger partial charge in [-0.15, -0.1) is 0 Å². The van der Waals surface area contributed by atoms with E-state index in [1.807, 2.05) is 11.8 Å². The monoisotopic (exact) mass is 189 g/mol. The minimum absolute atomic E-state index is 0.759. The lowest BCUT2D eigenvalue weighted by Gasteiger charge is -2.30. The van der Waals surface area contributed by atoms with E-state index in [1.54, 1.807) is 0 Å². The van der Waals surface area contributed by atoms with Crippen LogP contribution < -0.4 is 0 Å². The predicted molar refractivity (Wildman–Crippen MR) is 60.0 cm³/mol. The van der Waals surface area contributed by atoms with E-state index in [1.165, 1.54) is 12.8 Å². The molecule has 0 aromatic rings. The third-order valence-corrected chi connectivity index (χ3v) is 3.62. The maximum atomic E-state index is 2.46. The normalized spacial score (nSPS) is 16.5. The van der Waals surface area contributed by atoms with Gasteiger partial charge in [-0.3, -0.25) is 0 Å². The molecule has 0 heterocycles. The molecule has 0 saturated carbocycles. The van der Waals surface area contributed by atoms with E-state index >= 15 is 0 Å². The summed E-state index contributed by atoms with van der Waals surface area (Å²) in [5.74, 6) is 0. The van der Waals surface area contributed by atoms with E-state index < -0.39 is 0 Å². The third kappa shape index (κ3) is 3.81. The molecule has 0 spiro atoms. The average Bonchev–Trinajstić information content (AvgIpc) is 2.11. The van der Waals surface area contributed by atoms with Gasteiger partial charge in [0.25, 0.3) is 0 Å². The van der Waals surface area contributed by atoms with Gasteiger partial charge in [-0.1, -0.05) is 27.2 Å². The molecular formula is C10H23NS. The lowest BCUT2D eigenvalue weighted by atomic mass is 10.1. The lowest BCUT2D eigenvalue weighted by Crippen LogP contribution is -2.38. The highest BCUT2D eigenvalue weighted by Crippen LogP contribution is 2.18. The fraction of sp³-hybridized carbons (Fsp3) is 1.00. The third-order valence-electron chi connectivity index (χ3n) is 2.56. The standard InChI is InChI=1S/C10H23NS/c1-6-8-10(9(3)12-5)11(4)7-2/h9-10H,6-8H2,1-5H3. The molecule has 2 atom stereocenters. The van der Waals surface area contributed by atoms with Crippen LogP contribution in [-0.4, -0.2) is 36.0 Å². The number of thioether (sulfide) groups is 1. The summed E-state index contributed by atoms with van der Waals surface area (Å²) in [6.45, 7) is 7.99. The van der Waals surface area contributed by atoms with Crippen LogP contribution in [0, 0.1) is 0 Å². The van der Waals surface area contributed by atoms with Crippen LogP contribution in [0.5, 0.6) is 0 Å². The van der Waals surface area contributed by atoms with Gasteiger partial charge in [-0.2, -0.15) is 11.8 Å². The van der Waals surface area contributed by atoms with Crippen molar-refractivity contribution in [2.75, 3.05) is 19.8 Å². The molecule has 0 aliphatic rings. The summed E-state index contributed by atoms with van der Waals surface area (Å²) in [6, 6.07) is 0.759. The lowest BCUT2D eigenvalue weighted by molar-refractivity contribution is 0.239. The van der Waals surface area contributed by atoms with Crippen molar-refractivity contribution in [3.8, 4) is 0 Å². The van der Waals surface area contributed by atoms with Crippen LogP contribution in [0.4, 0.5) is 0 Å².